The van der Waals surface area contributed by atoms with Crippen molar-refractivity contribution in [1.82, 2.24) is 9.88 Å². The van der Waals surface area contributed by atoms with Gasteiger partial charge in [-0.15, -0.1) is 0 Å². The molecular formula is C27H22N4O3. The molecule has 0 aliphatic carbocycles. The van der Waals surface area contributed by atoms with Gasteiger partial charge in [0, 0.05) is 41.2 Å². The zero-order valence-corrected chi connectivity index (χ0v) is 18.3. The molecule has 168 valence electrons. The average molecular weight is 450 g/mol. The summed E-state index contributed by atoms with van der Waals surface area (Å²) >= 11 is 0. The number of nitrogens with one attached hydrogen (secondary N) is 2. The van der Waals surface area contributed by atoms with Gasteiger partial charge in [-0.2, -0.15) is 0 Å². The monoisotopic (exact) mass is 450 g/mol. The first-order valence-corrected chi connectivity index (χ1v) is 11.3. The number of amides is 3. The second kappa shape index (κ2) is 7.88. The van der Waals surface area contributed by atoms with Gasteiger partial charge in [0.05, 0.1) is 16.9 Å². The Hall–Kier alpha value is -4.39. The quantitative estimate of drug-likeness (QED) is 0.462. The number of aromatic nitrogens is 1. The summed E-state index contributed by atoms with van der Waals surface area (Å²) in [7, 11) is 0. The summed E-state index contributed by atoms with van der Waals surface area (Å²) < 4.78 is 0. The van der Waals surface area contributed by atoms with E-state index in [-0.39, 0.29) is 24.1 Å². The number of anilines is 2. The van der Waals surface area contributed by atoms with Gasteiger partial charge in [-0.05, 0) is 42.8 Å². The van der Waals surface area contributed by atoms with Gasteiger partial charge in [-0.1, -0.05) is 36.4 Å². The van der Waals surface area contributed by atoms with Crippen LogP contribution in [0, 0.1) is 0 Å². The lowest BCUT2D eigenvalue weighted by Crippen LogP contribution is -2.48. The van der Waals surface area contributed by atoms with Gasteiger partial charge in [-0.25, -0.2) is 0 Å². The maximum Gasteiger partial charge on any atom is 0.260 e. The molecule has 6 rings (SSSR count). The Bertz CT molecular complexity index is 1460. The van der Waals surface area contributed by atoms with Gasteiger partial charge in [0.1, 0.15) is 6.17 Å². The van der Waals surface area contributed by atoms with E-state index in [1.165, 1.54) is 0 Å². The first kappa shape index (κ1) is 20.2. The normalized spacial score (nSPS) is 16.4. The van der Waals surface area contributed by atoms with Crippen LogP contribution >= 0.6 is 0 Å². The van der Waals surface area contributed by atoms with Crippen LogP contribution in [0.4, 0.5) is 11.4 Å². The molecule has 3 heterocycles. The predicted octanol–water partition coefficient (Wildman–Crippen LogP) is 4.70. The molecule has 7 heteroatoms. The lowest BCUT2D eigenvalue weighted by Gasteiger charge is -2.41. The van der Waals surface area contributed by atoms with Gasteiger partial charge < -0.3 is 15.2 Å². The molecule has 2 aliphatic rings. The van der Waals surface area contributed by atoms with Crippen LogP contribution in [0.5, 0.6) is 0 Å². The van der Waals surface area contributed by atoms with E-state index in [0.717, 1.165) is 22.2 Å². The van der Waals surface area contributed by atoms with Crippen molar-refractivity contribution in [3.63, 3.8) is 0 Å². The van der Waals surface area contributed by atoms with Crippen LogP contribution in [0.25, 0.3) is 10.9 Å². The Labute approximate surface area is 196 Å². The summed E-state index contributed by atoms with van der Waals surface area (Å²) in [5.74, 6) is -0.347. The van der Waals surface area contributed by atoms with Crippen molar-refractivity contribution < 1.29 is 14.4 Å². The van der Waals surface area contributed by atoms with Gasteiger partial charge >= 0.3 is 0 Å². The molecule has 0 fully saturated rings. The van der Waals surface area contributed by atoms with Gasteiger partial charge in [0.25, 0.3) is 11.8 Å². The second-order valence-electron chi connectivity index (χ2n) is 8.55. The fourth-order valence-electron chi connectivity index (χ4n) is 5.02. The summed E-state index contributed by atoms with van der Waals surface area (Å²) in [6.45, 7) is 0.359. The number of para-hydroxylation sites is 1. The van der Waals surface area contributed by atoms with Crippen molar-refractivity contribution in [3.05, 3.63) is 95.7 Å². The van der Waals surface area contributed by atoms with Crippen molar-refractivity contribution >= 4 is 40.0 Å². The average Bonchev–Trinajstić information content (AvgIpc) is 3.45. The molecule has 3 amide bonds. The van der Waals surface area contributed by atoms with E-state index in [9.17, 15) is 14.4 Å². The first-order chi connectivity index (χ1) is 16.6. The fourth-order valence-corrected chi connectivity index (χ4v) is 5.02. The number of carbonyl (C=O) groups excluding carboxylic acids is 3. The SMILES string of the molecule is O=C(CCCN1C(=O)c2ccccc2N2C(=O)c3ccccc3[C@H]12)Nc1cccc2[nH]ccc12. The van der Waals surface area contributed by atoms with Crippen molar-refractivity contribution in [2.24, 2.45) is 0 Å². The van der Waals surface area contributed by atoms with Crippen molar-refractivity contribution in [2.45, 2.75) is 19.0 Å². The minimum Gasteiger partial charge on any atom is -0.361 e. The van der Waals surface area contributed by atoms with Gasteiger partial charge in [0.15, 0.2) is 0 Å². The summed E-state index contributed by atoms with van der Waals surface area (Å²) in [5, 5.41) is 3.93. The Morgan fingerprint density at radius 3 is 2.56 bits per heavy atom. The Kier molecular flexibility index (Phi) is 4.69. The highest BCUT2D eigenvalue weighted by atomic mass is 16.2. The van der Waals surface area contributed by atoms with Crippen LogP contribution in [0.2, 0.25) is 0 Å². The van der Waals surface area contributed by atoms with Gasteiger partial charge in [-0.3, -0.25) is 19.3 Å². The lowest BCUT2D eigenvalue weighted by atomic mass is 10.0. The Balaban J connectivity index is 1.23. The predicted molar refractivity (Wildman–Crippen MR) is 130 cm³/mol. The smallest absolute Gasteiger partial charge is 0.260 e. The number of carbonyl (C=O) groups is 3. The molecule has 1 aromatic heterocycles. The summed E-state index contributed by atoms with van der Waals surface area (Å²) in [5.41, 5.74) is 4.28. The van der Waals surface area contributed by atoms with E-state index >= 15 is 0 Å². The van der Waals surface area contributed by atoms with E-state index in [4.69, 9.17) is 0 Å². The van der Waals surface area contributed by atoms with Crippen LogP contribution in [0.15, 0.2) is 79.0 Å². The third kappa shape index (κ3) is 3.08. The third-order valence-electron chi connectivity index (χ3n) is 6.55. The van der Waals surface area contributed by atoms with Crippen molar-refractivity contribution in [1.29, 1.82) is 0 Å². The maximum atomic E-state index is 13.4. The zero-order valence-electron chi connectivity index (χ0n) is 18.3. The number of hydrogen-bond donors (Lipinski definition) is 2. The molecule has 0 saturated carbocycles. The molecule has 2 aliphatic heterocycles. The van der Waals surface area contributed by atoms with Gasteiger partial charge in [0.2, 0.25) is 5.91 Å². The molecule has 0 bridgehead atoms. The molecule has 0 unspecified atom stereocenters. The third-order valence-corrected chi connectivity index (χ3v) is 6.55. The van der Waals surface area contributed by atoms with E-state index in [0.29, 0.717) is 29.8 Å². The molecule has 2 N–H and O–H groups in total. The van der Waals surface area contributed by atoms with Crippen molar-refractivity contribution in [2.75, 3.05) is 16.8 Å². The maximum absolute atomic E-state index is 13.4. The van der Waals surface area contributed by atoms with Crippen LogP contribution in [0.3, 0.4) is 0 Å². The molecule has 3 aromatic carbocycles. The first-order valence-electron chi connectivity index (χ1n) is 11.3. The van der Waals surface area contributed by atoms with Crippen LogP contribution in [0.1, 0.15) is 45.3 Å². The van der Waals surface area contributed by atoms with E-state index in [2.05, 4.69) is 10.3 Å². The summed E-state index contributed by atoms with van der Waals surface area (Å²) in [6.07, 6.45) is 2.08. The Morgan fingerprint density at radius 1 is 0.882 bits per heavy atom. The number of aromatic amines is 1. The molecule has 34 heavy (non-hydrogen) atoms. The highest BCUT2D eigenvalue weighted by molar-refractivity contribution is 6.16. The molecule has 0 saturated heterocycles. The number of nitrogens with zero attached hydrogens (tertiary/aromatic N) is 2. The minimum absolute atomic E-state index is 0.108. The van der Waals surface area contributed by atoms with Crippen LogP contribution < -0.4 is 10.2 Å². The largest absolute Gasteiger partial charge is 0.361 e. The number of fused-ring (bicyclic) bond motifs is 6. The van der Waals surface area contributed by atoms with E-state index in [1.807, 2.05) is 60.8 Å². The summed E-state index contributed by atoms with van der Waals surface area (Å²) in [4.78, 5) is 45.9. The molecule has 4 aromatic rings. The molecule has 0 radical (unpaired) electrons. The fraction of sp³-hybridized carbons (Fsp3) is 0.148. The number of H-pyrrole nitrogens is 1. The second-order valence-corrected chi connectivity index (χ2v) is 8.55. The molecular weight excluding hydrogens is 428 g/mol. The minimum atomic E-state index is -0.497. The highest BCUT2D eigenvalue weighted by Gasteiger charge is 2.47. The molecule has 1 atom stereocenters. The number of hydrogen-bond acceptors (Lipinski definition) is 3. The van der Waals surface area contributed by atoms with Crippen LogP contribution in [-0.2, 0) is 4.79 Å². The summed E-state index contributed by atoms with van der Waals surface area (Å²) in [6, 6.07) is 22.3. The number of benzene rings is 3. The van der Waals surface area contributed by atoms with Crippen molar-refractivity contribution in [3.8, 4) is 0 Å². The highest BCUT2D eigenvalue weighted by Crippen LogP contribution is 2.45. The number of rotatable bonds is 5. The zero-order chi connectivity index (χ0) is 23.2. The van der Waals surface area contributed by atoms with E-state index in [1.54, 1.807) is 28.0 Å². The topological polar surface area (TPSA) is 85.5 Å². The lowest BCUT2D eigenvalue weighted by molar-refractivity contribution is -0.116. The molecule has 0 spiro atoms. The standard InChI is InChI=1S/C27H22N4O3/c32-24(29-22-11-5-10-21-19(22)14-15-28-21)13-6-16-30-25-17-7-1-2-8-18(17)27(34)31(25)23-12-4-3-9-20(23)26(30)33/h1-5,7-12,14-15,25,28H,6,13,16H2,(H,29,32)/t25-/m1/s1. The van der Waals surface area contributed by atoms with E-state index < -0.39 is 6.17 Å². The molecule has 7 nitrogen and oxygen atoms in total. The van der Waals surface area contributed by atoms with Crippen LogP contribution in [-0.4, -0.2) is 34.2 Å². The Morgan fingerprint density at radius 2 is 1.68 bits per heavy atom.